The third kappa shape index (κ3) is 2.84. The lowest BCUT2D eigenvalue weighted by molar-refractivity contribution is 0.841. The van der Waals surface area contributed by atoms with Crippen molar-refractivity contribution < 1.29 is 0 Å². The molecule has 0 fully saturated rings. The molecule has 4 rings (SSSR count). The van der Waals surface area contributed by atoms with Crippen molar-refractivity contribution in [1.29, 1.82) is 0 Å². The number of nitrogen functional groups attached to an aromatic ring is 1. The van der Waals surface area contributed by atoms with Gasteiger partial charge in [0.05, 0.1) is 5.69 Å². The summed E-state index contributed by atoms with van der Waals surface area (Å²) in [5.74, 6) is 0.972. The number of fused-ring (bicyclic) bond motifs is 1. The first-order valence-electron chi connectivity index (χ1n) is 7.91. The molecule has 0 bridgehead atoms. The van der Waals surface area contributed by atoms with Gasteiger partial charge in [-0.3, -0.25) is 0 Å². The summed E-state index contributed by atoms with van der Waals surface area (Å²) in [6.45, 7) is 0. The lowest BCUT2D eigenvalue weighted by Gasteiger charge is -2.02. The van der Waals surface area contributed by atoms with Crippen molar-refractivity contribution in [3.05, 3.63) is 78.0 Å². The summed E-state index contributed by atoms with van der Waals surface area (Å²) in [5, 5.41) is 4.53. The molecule has 0 spiro atoms. The molecular weight excluding hydrogens is 298 g/mol. The van der Waals surface area contributed by atoms with Crippen LogP contribution in [0.4, 0.5) is 5.95 Å². The largest absolute Gasteiger partial charge is 0.368 e. The van der Waals surface area contributed by atoms with E-state index < -0.39 is 0 Å². The minimum atomic E-state index is 0.352. The van der Waals surface area contributed by atoms with Crippen LogP contribution in [-0.4, -0.2) is 19.6 Å². The van der Waals surface area contributed by atoms with E-state index in [0.29, 0.717) is 11.8 Å². The van der Waals surface area contributed by atoms with Gasteiger partial charge >= 0.3 is 0 Å². The Bertz CT molecular complexity index is 961. The number of hydrogen-bond acceptors (Lipinski definition) is 4. The Balaban J connectivity index is 1.64. The Labute approximate surface area is 139 Å². The van der Waals surface area contributed by atoms with Crippen LogP contribution in [0, 0.1) is 0 Å². The molecule has 0 aliphatic carbocycles. The first-order chi connectivity index (χ1) is 11.8. The number of nitrogens with two attached hydrogens (primary N) is 1. The molecule has 2 aromatic heterocycles. The molecule has 24 heavy (non-hydrogen) atoms. The highest BCUT2D eigenvalue weighted by Gasteiger charge is 2.10. The molecule has 2 N–H and O–H groups in total. The van der Waals surface area contributed by atoms with Gasteiger partial charge < -0.3 is 5.73 Å². The predicted octanol–water partition coefficient (Wildman–Crippen LogP) is 3.16. The van der Waals surface area contributed by atoms with E-state index in [1.165, 1.54) is 5.56 Å². The normalized spacial score (nSPS) is 11.0. The third-order valence-electron chi connectivity index (χ3n) is 3.94. The molecule has 0 amide bonds. The van der Waals surface area contributed by atoms with Crippen molar-refractivity contribution in [2.75, 3.05) is 5.73 Å². The van der Waals surface area contributed by atoms with Gasteiger partial charge in [0.2, 0.25) is 5.95 Å². The second-order valence-corrected chi connectivity index (χ2v) is 5.66. The number of benzene rings is 2. The van der Waals surface area contributed by atoms with E-state index in [4.69, 9.17) is 5.73 Å². The maximum Gasteiger partial charge on any atom is 0.225 e. The van der Waals surface area contributed by atoms with E-state index in [1.54, 1.807) is 4.52 Å². The average molecular weight is 315 g/mol. The van der Waals surface area contributed by atoms with Crippen LogP contribution in [0.5, 0.6) is 0 Å². The first-order valence-corrected chi connectivity index (χ1v) is 7.91. The SMILES string of the molecule is Nc1nc(-c2ccccc2)nc2cc(CCc3ccccc3)nn12. The Hall–Kier alpha value is -3.21. The van der Waals surface area contributed by atoms with E-state index >= 15 is 0 Å². The third-order valence-corrected chi connectivity index (χ3v) is 3.94. The van der Waals surface area contributed by atoms with E-state index in [2.05, 4.69) is 39.3 Å². The van der Waals surface area contributed by atoms with E-state index in [9.17, 15) is 0 Å². The van der Waals surface area contributed by atoms with Crippen LogP contribution in [0.2, 0.25) is 0 Å². The minimum Gasteiger partial charge on any atom is -0.368 e. The summed E-state index contributed by atoms with van der Waals surface area (Å²) in [6, 6.07) is 22.2. The maximum atomic E-state index is 6.06. The zero-order valence-corrected chi connectivity index (χ0v) is 13.1. The van der Waals surface area contributed by atoms with Crippen LogP contribution in [0.25, 0.3) is 17.0 Å². The van der Waals surface area contributed by atoms with Crippen LogP contribution in [0.3, 0.4) is 0 Å². The average Bonchev–Trinajstić information content (AvgIpc) is 3.05. The molecule has 0 aliphatic rings. The summed E-state index contributed by atoms with van der Waals surface area (Å²) < 4.78 is 1.60. The van der Waals surface area contributed by atoms with Gasteiger partial charge in [-0.1, -0.05) is 60.7 Å². The van der Waals surface area contributed by atoms with E-state index in [1.807, 2.05) is 42.5 Å². The number of nitrogens with zero attached hydrogens (tertiary/aromatic N) is 4. The molecule has 5 nitrogen and oxygen atoms in total. The zero-order chi connectivity index (χ0) is 16.4. The summed E-state index contributed by atoms with van der Waals surface area (Å²) >= 11 is 0. The van der Waals surface area contributed by atoms with Gasteiger partial charge in [0, 0.05) is 11.6 Å². The van der Waals surface area contributed by atoms with E-state index in [-0.39, 0.29) is 0 Å². The van der Waals surface area contributed by atoms with Gasteiger partial charge in [-0.25, -0.2) is 4.98 Å². The molecule has 0 saturated carbocycles. The predicted molar refractivity (Wildman–Crippen MR) is 94.5 cm³/mol. The Morgan fingerprint density at radius 3 is 2.29 bits per heavy atom. The lowest BCUT2D eigenvalue weighted by Crippen LogP contribution is -2.05. The highest BCUT2D eigenvalue weighted by atomic mass is 15.3. The fourth-order valence-electron chi connectivity index (χ4n) is 2.71. The zero-order valence-electron chi connectivity index (χ0n) is 13.1. The highest BCUT2D eigenvalue weighted by Crippen LogP contribution is 2.18. The molecule has 4 aromatic rings. The fraction of sp³-hybridized carbons (Fsp3) is 0.105. The smallest absolute Gasteiger partial charge is 0.225 e. The van der Waals surface area contributed by atoms with Gasteiger partial charge in [-0.15, -0.1) is 0 Å². The van der Waals surface area contributed by atoms with Gasteiger partial charge in [-0.2, -0.15) is 14.6 Å². The number of aromatic nitrogens is 4. The molecule has 118 valence electrons. The van der Waals surface area contributed by atoms with Gasteiger partial charge in [0.25, 0.3) is 0 Å². The Kier molecular flexibility index (Phi) is 3.67. The Morgan fingerprint density at radius 1 is 0.833 bits per heavy atom. The summed E-state index contributed by atoms with van der Waals surface area (Å²) in [7, 11) is 0. The summed E-state index contributed by atoms with van der Waals surface area (Å²) in [5.41, 5.74) is 9.99. The second kappa shape index (κ2) is 6.12. The summed E-state index contributed by atoms with van der Waals surface area (Å²) in [4.78, 5) is 8.96. The monoisotopic (exact) mass is 315 g/mol. The van der Waals surface area contributed by atoms with Crippen molar-refractivity contribution >= 4 is 11.6 Å². The molecular formula is C19H17N5. The maximum absolute atomic E-state index is 6.06. The van der Waals surface area contributed by atoms with Crippen molar-refractivity contribution in [3.8, 4) is 11.4 Å². The van der Waals surface area contributed by atoms with Crippen molar-refractivity contribution in [1.82, 2.24) is 19.6 Å². The molecule has 0 unspecified atom stereocenters. The van der Waals surface area contributed by atoms with Crippen molar-refractivity contribution in [2.45, 2.75) is 12.8 Å². The van der Waals surface area contributed by atoms with Gasteiger partial charge in [0.1, 0.15) is 0 Å². The van der Waals surface area contributed by atoms with E-state index in [0.717, 1.165) is 29.7 Å². The number of anilines is 1. The number of aryl methyl sites for hydroxylation is 2. The molecule has 0 aliphatic heterocycles. The molecule has 0 saturated heterocycles. The standard InChI is InChI=1S/C19H17N5/c20-19-22-18(15-9-5-2-6-10-15)21-17-13-16(23-24(17)19)12-11-14-7-3-1-4-8-14/h1-10,13H,11-12H2,(H2,20,21,22). The fourth-order valence-corrected chi connectivity index (χ4v) is 2.71. The van der Waals surface area contributed by atoms with Crippen molar-refractivity contribution in [3.63, 3.8) is 0 Å². The van der Waals surface area contributed by atoms with Crippen LogP contribution in [-0.2, 0) is 12.8 Å². The van der Waals surface area contributed by atoms with Crippen LogP contribution < -0.4 is 5.73 Å². The molecule has 2 aromatic carbocycles. The first kappa shape index (κ1) is 14.4. The highest BCUT2D eigenvalue weighted by molar-refractivity contribution is 5.59. The van der Waals surface area contributed by atoms with Gasteiger partial charge in [-0.05, 0) is 18.4 Å². The molecule has 0 atom stereocenters. The minimum absolute atomic E-state index is 0.352. The second-order valence-electron chi connectivity index (χ2n) is 5.66. The van der Waals surface area contributed by atoms with Gasteiger partial charge in [0.15, 0.2) is 11.5 Å². The molecule has 0 radical (unpaired) electrons. The number of hydrogen-bond donors (Lipinski definition) is 1. The van der Waals surface area contributed by atoms with Crippen molar-refractivity contribution in [2.24, 2.45) is 0 Å². The lowest BCUT2D eigenvalue weighted by atomic mass is 10.1. The molecule has 5 heteroatoms. The van der Waals surface area contributed by atoms with Crippen LogP contribution in [0.15, 0.2) is 66.7 Å². The quantitative estimate of drug-likeness (QED) is 0.628. The van der Waals surface area contributed by atoms with Crippen LogP contribution in [0.1, 0.15) is 11.3 Å². The summed E-state index contributed by atoms with van der Waals surface area (Å²) in [6.07, 6.45) is 1.77. The topological polar surface area (TPSA) is 69.1 Å². The Morgan fingerprint density at radius 2 is 1.54 bits per heavy atom. The van der Waals surface area contributed by atoms with Crippen LogP contribution >= 0.6 is 0 Å². The molecule has 2 heterocycles. The number of rotatable bonds is 4.